The number of aromatic nitrogens is 1. The Morgan fingerprint density at radius 3 is 2.63 bits per heavy atom. The van der Waals surface area contributed by atoms with Crippen molar-refractivity contribution in [2.75, 3.05) is 27.2 Å². The number of hydrogen-bond acceptors (Lipinski definition) is 4. The number of pyridine rings is 1. The van der Waals surface area contributed by atoms with Gasteiger partial charge in [0, 0.05) is 12.7 Å². The van der Waals surface area contributed by atoms with Crippen LogP contribution in [0.3, 0.4) is 0 Å². The molecule has 6 nitrogen and oxygen atoms in total. The topological polar surface area (TPSA) is 71.8 Å². The maximum atomic E-state index is 13.0. The second kappa shape index (κ2) is 7.63. The maximum absolute atomic E-state index is 13.0. The van der Waals surface area contributed by atoms with Gasteiger partial charge in [-0.25, -0.2) is 4.79 Å². The van der Waals surface area contributed by atoms with Crippen molar-refractivity contribution in [3.63, 3.8) is 0 Å². The average Bonchev–Trinajstić information content (AvgIpc) is 2.63. The number of hydrogen-bond donors (Lipinski definition) is 1. The van der Waals surface area contributed by atoms with Crippen LogP contribution in [0.4, 0.5) is 0 Å². The number of benzene rings is 2. The monoisotopic (exact) mass is 366 g/mol. The largest absolute Gasteiger partial charge is 0.492 e. The van der Waals surface area contributed by atoms with Crippen molar-refractivity contribution in [2.24, 2.45) is 0 Å². The summed E-state index contributed by atoms with van der Waals surface area (Å²) >= 11 is 0. The summed E-state index contributed by atoms with van der Waals surface area (Å²) in [5.41, 5.74) is 1.31. The molecule has 0 saturated heterocycles. The van der Waals surface area contributed by atoms with Crippen molar-refractivity contribution in [3.05, 3.63) is 70.1 Å². The van der Waals surface area contributed by atoms with E-state index in [-0.39, 0.29) is 11.1 Å². The lowest BCUT2D eigenvalue weighted by molar-refractivity contribution is 0.0697. The molecule has 1 heterocycles. The quantitative estimate of drug-likeness (QED) is 0.726. The van der Waals surface area contributed by atoms with Gasteiger partial charge in [-0.2, -0.15) is 0 Å². The zero-order chi connectivity index (χ0) is 19.6. The normalized spacial score (nSPS) is 11.1. The fraction of sp³-hybridized carbons (Fsp3) is 0.238. The zero-order valence-electron chi connectivity index (χ0n) is 15.6. The van der Waals surface area contributed by atoms with Gasteiger partial charge in [-0.15, -0.1) is 0 Å². The summed E-state index contributed by atoms with van der Waals surface area (Å²) in [6.07, 6.45) is 1.67. The number of nitrogens with zero attached hydrogens (tertiary/aromatic N) is 2. The van der Waals surface area contributed by atoms with Crippen LogP contribution in [0.25, 0.3) is 16.5 Å². The lowest BCUT2D eigenvalue weighted by Crippen LogP contribution is -2.20. The predicted molar refractivity (Wildman–Crippen MR) is 105 cm³/mol. The van der Waals surface area contributed by atoms with Gasteiger partial charge in [0.05, 0.1) is 16.6 Å². The Bertz CT molecular complexity index is 1050. The van der Waals surface area contributed by atoms with Gasteiger partial charge >= 0.3 is 5.97 Å². The average molecular weight is 366 g/mol. The third-order valence-corrected chi connectivity index (χ3v) is 4.40. The molecule has 6 heteroatoms. The highest BCUT2D eigenvalue weighted by atomic mass is 16.5. The first-order valence-electron chi connectivity index (χ1n) is 8.64. The van der Waals surface area contributed by atoms with E-state index in [1.165, 1.54) is 16.7 Å². The third kappa shape index (κ3) is 4.01. The standard InChI is InChI=1S/C21H22N2O4/c1-14-4-5-16(21(25)26)12-19(14)23-9-8-15-6-7-17(13-18(15)20(23)24)27-11-10-22(2)3/h4-9,12-13H,10-11H2,1-3H3,(H,25,26). The van der Waals surface area contributed by atoms with E-state index < -0.39 is 5.97 Å². The molecule has 140 valence electrons. The summed E-state index contributed by atoms with van der Waals surface area (Å²) < 4.78 is 7.21. The number of carboxylic acid groups (broad SMARTS) is 1. The van der Waals surface area contributed by atoms with Crippen molar-refractivity contribution in [3.8, 4) is 11.4 Å². The van der Waals surface area contributed by atoms with Crippen LogP contribution in [-0.2, 0) is 0 Å². The van der Waals surface area contributed by atoms with E-state index >= 15 is 0 Å². The summed E-state index contributed by atoms with van der Waals surface area (Å²) in [4.78, 5) is 26.3. The Morgan fingerprint density at radius 1 is 1.15 bits per heavy atom. The molecule has 0 unspecified atom stereocenters. The molecule has 0 saturated carbocycles. The molecule has 0 radical (unpaired) electrons. The number of carbonyl (C=O) groups is 1. The number of aryl methyl sites for hydroxylation is 1. The van der Waals surface area contributed by atoms with Gasteiger partial charge in [-0.1, -0.05) is 12.1 Å². The van der Waals surface area contributed by atoms with Crippen LogP contribution in [0.5, 0.6) is 5.75 Å². The van der Waals surface area contributed by atoms with Crippen LogP contribution in [0.1, 0.15) is 15.9 Å². The van der Waals surface area contributed by atoms with Crippen LogP contribution in [0.15, 0.2) is 53.5 Å². The summed E-state index contributed by atoms with van der Waals surface area (Å²) in [5.74, 6) is -0.392. The first-order valence-corrected chi connectivity index (χ1v) is 8.64. The molecule has 0 fully saturated rings. The first kappa shape index (κ1) is 18.7. The van der Waals surface area contributed by atoms with E-state index in [2.05, 4.69) is 0 Å². The number of fused-ring (bicyclic) bond motifs is 1. The maximum Gasteiger partial charge on any atom is 0.335 e. The van der Waals surface area contributed by atoms with Gasteiger partial charge in [0.25, 0.3) is 5.56 Å². The molecular formula is C21H22N2O4. The van der Waals surface area contributed by atoms with Crippen LogP contribution >= 0.6 is 0 Å². The fourth-order valence-corrected chi connectivity index (χ4v) is 2.85. The van der Waals surface area contributed by atoms with Crippen molar-refractivity contribution in [1.82, 2.24) is 9.47 Å². The van der Waals surface area contributed by atoms with E-state index in [0.717, 1.165) is 17.5 Å². The van der Waals surface area contributed by atoms with Gasteiger partial charge in [-0.3, -0.25) is 9.36 Å². The van der Waals surface area contributed by atoms with E-state index in [0.29, 0.717) is 23.4 Å². The van der Waals surface area contributed by atoms with Crippen LogP contribution < -0.4 is 10.3 Å². The number of carboxylic acids is 1. The second-order valence-electron chi connectivity index (χ2n) is 6.70. The molecule has 2 aromatic carbocycles. The second-order valence-corrected chi connectivity index (χ2v) is 6.70. The van der Waals surface area contributed by atoms with Crippen molar-refractivity contribution >= 4 is 16.7 Å². The number of likely N-dealkylation sites (N-methyl/N-ethyl adjacent to an activating group) is 1. The highest BCUT2D eigenvalue weighted by molar-refractivity contribution is 5.88. The lowest BCUT2D eigenvalue weighted by Gasteiger charge is -2.13. The van der Waals surface area contributed by atoms with Crippen molar-refractivity contribution < 1.29 is 14.6 Å². The van der Waals surface area contributed by atoms with Crippen molar-refractivity contribution in [2.45, 2.75) is 6.92 Å². The highest BCUT2D eigenvalue weighted by Crippen LogP contribution is 2.21. The molecule has 27 heavy (non-hydrogen) atoms. The molecule has 1 aromatic heterocycles. The summed E-state index contributed by atoms with van der Waals surface area (Å²) in [6.45, 7) is 3.15. The molecule has 3 rings (SSSR count). The first-order chi connectivity index (χ1) is 12.9. The summed E-state index contributed by atoms with van der Waals surface area (Å²) in [5, 5.41) is 10.6. The van der Waals surface area contributed by atoms with Gasteiger partial charge in [0.2, 0.25) is 0 Å². The minimum absolute atomic E-state index is 0.142. The number of rotatable bonds is 6. The Hall–Kier alpha value is -3.12. The van der Waals surface area contributed by atoms with Crippen LogP contribution in [-0.4, -0.2) is 47.8 Å². The Balaban J connectivity index is 2.05. The van der Waals surface area contributed by atoms with Crippen LogP contribution in [0.2, 0.25) is 0 Å². The number of ether oxygens (including phenoxy) is 1. The molecule has 0 amide bonds. The summed E-state index contributed by atoms with van der Waals surface area (Å²) in [6, 6.07) is 12.0. The van der Waals surface area contributed by atoms with Crippen molar-refractivity contribution in [1.29, 1.82) is 0 Å². The lowest BCUT2D eigenvalue weighted by atomic mass is 10.1. The molecule has 0 atom stereocenters. The molecular weight excluding hydrogens is 344 g/mol. The minimum Gasteiger partial charge on any atom is -0.492 e. The molecule has 1 N–H and O–H groups in total. The molecule has 3 aromatic rings. The molecule has 0 aliphatic heterocycles. The number of aromatic carboxylic acids is 1. The van der Waals surface area contributed by atoms with Crippen LogP contribution in [0, 0.1) is 6.92 Å². The smallest absolute Gasteiger partial charge is 0.335 e. The molecule has 0 spiro atoms. The molecule has 0 aliphatic carbocycles. The highest BCUT2D eigenvalue weighted by Gasteiger charge is 2.11. The molecule has 0 bridgehead atoms. The van der Waals surface area contributed by atoms with E-state index in [1.54, 1.807) is 18.3 Å². The zero-order valence-corrected chi connectivity index (χ0v) is 15.6. The van der Waals surface area contributed by atoms with E-state index in [9.17, 15) is 14.7 Å². The van der Waals surface area contributed by atoms with Gasteiger partial charge in [0.1, 0.15) is 12.4 Å². The fourth-order valence-electron chi connectivity index (χ4n) is 2.85. The predicted octanol–water partition coefficient (Wildman–Crippen LogP) is 2.94. The SMILES string of the molecule is Cc1ccc(C(=O)O)cc1-n1ccc2ccc(OCCN(C)C)cc2c1=O. The van der Waals surface area contributed by atoms with E-state index in [1.807, 2.05) is 44.1 Å². The van der Waals surface area contributed by atoms with Gasteiger partial charge in [-0.05, 0) is 62.3 Å². The van der Waals surface area contributed by atoms with E-state index in [4.69, 9.17) is 4.74 Å². The van der Waals surface area contributed by atoms with Gasteiger partial charge in [0.15, 0.2) is 0 Å². The summed E-state index contributed by atoms with van der Waals surface area (Å²) in [7, 11) is 3.94. The van der Waals surface area contributed by atoms with Gasteiger partial charge < -0.3 is 14.7 Å². The third-order valence-electron chi connectivity index (χ3n) is 4.40. The molecule has 0 aliphatic rings. The Morgan fingerprint density at radius 2 is 1.93 bits per heavy atom. The Labute approximate surface area is 157 Å². The Kier molecular flexibility index (Phi) is 5.28. The minimum atomic E-state index is -1.03.